The van der Waals surface area contributed by atoms with E-state index in [4.69, 9.17) is 9.72 Å². The molecule has 1 aliphatic heterocycles. The average Bonchev–Trinajstić information content (AvgIpc) is 3.23. The van der Waals surface area contributed by atoms with E-state index in [1.54, 1.807) is 11.3 Å². The standard InChI is InChI=1S/C24H35N3O2S/c1-3-5-11-27(12-6-4-2)23(28)17-22-19-30-24(25-22)21-9-7-20(8-10-21)18-26-13-15-29-16-14-26/h7-10,19H,3-6,11-18H2,1-2H3. The lowest BCUT2D eigenvalue weighted by Gasteiger charge is -2.26. The fourth-order valence-electron chi connectivity index (χ4n) is 3.62. The van der Waals surface area contributed by atoms with Crippen LogP contribution in [0.1, 0.15) is 50.8 Å². The molecule has 0 spiro atoms. The first-order valence-corrected chi connectivity index (χ1v) is 12.2. The van der Waals surface area contributed by atoms with Crippen molar-refractivity contribution in [1.82, 2.24) is 14.8 Å². The van der Waals surface area contributed by atoms with E-state index in [2.05, 4.69) is 43.0 Å². The number of aromatic nitrogens is 1. The second-order valence-electron chi connectivity index (χ2n) is 7.99. The summed E-state index contributed by atoms with van der Waals surface area (Å²) in [6.45, 7) is 10.7. The van der Waals surface area contributed by atoms with Gasteiger partial charge in [0.1, 0.15) is 5.01 Å². The Bertz CT molecular complexity index is 761. The number of carbonyl (C=O) groups excluding carboxylic acids is 1. The Hall–Kier alpha value is -1.76. The Balaban J connectivity index is 1.57. The van der Waals surface area contributed by atoms with Crippen molar-refractivity contribution in [3.05, 3.63) is 40.9 Å². The molecule has 0 radical (unpaired) electrons. The van der Waals surface area contributed by atoms with Crippen molar-refractivity contribution >= 4 is 17.2 Å². The molecule has 1 saturated heterocycles. The third-order valence-corrected chi connectivity index (χ3v) is 6.45. The molecule has 6 heteroatoms. The topological polar surface area (TPSA) is 45.7 Å². The van der Waals surface area contributed by atoms with Gasteiger partial charge in [-0.1, -0.05) is 51.0 Å². The Kier molecular flexibility index (Phi) is 9.30. The molecule has 2 heterocycles. The highest BCUT2D eigenvalue weighted by Gasteiger charge is 2.16. The first kappa shape index (κ1) is 22.9. The van der Waals surface area contributed by atoms with E-state index in [9.17, 15) is 4.79 Å². The molecule has 164 valence electrons. The summed E-state index contributed by atoms with van der Waals surface area (Å²) in [5, 5.41) is 3.02. The largest absolute Gasteiger partial charge is 0.379 e. The maximum absolute atomic E-state index is 12.8. The van der Waals surface area contributed by atoms with Crippen molar-refractivity contribution in [1.29, 1.82) is 0 Å². The molecule has 1 aliphatic rings. The Morgan fingerprint density at radius 2 is 1.77 bits per heavy atom. The lowest BCUT2D eigenvalue weighted by Crippen LogP contribution is -2.35. The summed E-state index contributed by atoms with van der Waals surface area (Å²) >= 11 is 1.62. The maximum atomic E-state index is 12.8. The normalized spacial score (nSPS) is 14.7. The van der Waals surface area contributed by atoms with Gasteiger partial charge in [-0.25, -0.2) is 4.98 Å². The number of carbonyl (C=O) groups is 1. The van der Waals surface area contributed by atoms with Crippen LogP contribution in [0.4, 0.5) is 0 Å². The molecule has 0 unspecified atom stereocenters. The number of hydrogen-bond donors (Lipinski definition) is 0. The lowest BCUT2D eigenvalue weighted by atomic mass is 10.1. The van der Waals surface area contributed by atoms with Crippen molar-refractivity contribution in [2.75, 3.05) is 39.4 Å². The van der Waals surface area contributed by atoms with Crippen LogP contribution in [-0.4, -0.2) is 60.1 Å². The van der Waals surface area contributed by atoms with Crippen LogP contribution in [0.2, 0.25) is 0 Å². The number of amides is 1. The molecule has 3 rings (SSSR count). The van der Waals surface area contributed by atoms with Crippen LogP contribution in [0.3, 0.4) is 0 Å². The molecule has 0 N–H and O–H groups in total. The van der Waals surface area contributed by atoms with Gasteiger partial charge in [0.2, 0.25) is 5.91 Å². The first-order chi connectivity index (χ1) is 14.7. The zero-order chi connectivity index (χ0) is 21.2. The van der Waals surface area contributed by atoms with E-state index in [0.29, 0.717) is 6.42 Å². The number of morpholine rings is 1. The number of ether oxygens (including phenoxy) is 1. The van der Waals surface area contributed by atoms with E-state index in [1.807, 2.05) is 10.3 Å². The van der Waals surface area contributed by atoms with Gasteiger partial charge in [-0.3, -0.25) is 9.69 Å². The van der Waals surface area contributed by atoms with Crippen molar-refractivity contribution in [3.8, 4) is 10.6 Å². The number of nitrogens with zero attached hydrogens (tertiary/aromatic N) is 3. The summed E-state index contributed by atoms with van der Waals surface area (Å²) in [7, 11) is 0. The lowest BCUT2D eigenvalue weighted by molar-refractivity contribution is -0.130. The summed E-state index contributed by atoms with van der Waals surface area (Å²) in [5.74, 6) is 0.203. The number of rotatable bonds is 11. The number of benzene rings is 1. The molecule has 5 nitrogen and oxygen atoms in total. The van der Waals surface area contributed by atoms with Gasteiger partial charge in [0.25, 0.3) is 0 Å². The van der Waals surface area contributed by atoms with Crippen LogP contribution >= 0.6 is 11.3 Å². The highest BCUT2D eigenvalue weighted by Crippen LogP contribution is 2.25. The molecule has 0 atom stereocenters. The summed E-state index contributed by atoms with van der Waals surface area (Å²) < 4.78 is 5.42. The van der Waals surface area contributed by atoms with Crippen LogP contribution < -0.4 is 0 Å². The quantitative estimate of drug-likeness (QED) is 0.523. The Morgan fingerprint density at radius 3 is 2.40 bits per heavy atom. The van der Waals surface area contributed by atoms with E-state index < -0.39 is 0 Å². The predicted molar refractivity (Wildman–Crippen MR) is 124 cm³/mol. The summed E-state index contributed by atoms with van der Waals surface area (Å²) in [6, 6.07) is 8.67. The van der Waals surface area contributed by atoms with Gasteiger partial charge in [0.05, 0.1) is 25.3 Å². The molecule has 1 aromatic carbocycles. The second-order valence-corrected chi connectivity index (χ2v) is 8.85. The second kappa shape index (κ2) is 12.2. The molecule has 1 amide bonds. The minimum Gasteiger partial charge on any atom is -0.379 e. The highest BCUT2D eigenvalue weighted by molar-refractivity contribution is 7.13. The predicted octanol–water partition coefficient (Wildman–Crippen LogP) is 4.61. The summed E-state index contributed by atoms with van der Waals surface area (Å²) in [5.41, 5.74) is 3.32. The SMILES string of the molecule is CCCCN(CCCC)C(=O)Cc1csc(-c2ccc(CN3CCOCC3)cc2)n1. The zero-order valence-electron chi connectivity index (χ0n) is 18.4. The summed E-state index contributed by atoms with van der Waals surface area (Å²) in [4.78, 5) is 22.0. The summed E-state index contributed by atoms with van der Waals surface area (Å²) in [6.07, 6.45) is 4.75. The van der Waals surface area contributed by atoms with Gasteiger partial charge in [-0.15, -0.1) is 11.3 Å². The first-order valence-electron chi connectivity index (χ1n) is 11.3. The van der Waals surface area contributed by atoms with Crippen molar-refractivity contribution in [2.45, 2.75) is 52.5 Å². The van der Waals surface area contributed by atoms with Crippen LogP contribution in [0.15, 0.2) is 29.6 Å². The number of unbranched alkanes of at least 4 members (excludes halogenated alkanes) is 2. The molecule has 2 aromatic rings. The fourth-order valence-corrected chi connectivity index (χ4v) is 4.44. The van der Waals surface area contributed by atoms with Gasteiger partial charge in [0.15, 0.2) is 0 Å². The zero-order valence-corrected chi connectivity index (χ0v) is 19.3. The van der Waals surface area contributed by atoms with E-state index >= 15 is 0 Å². The average molecular weight is 430 g/mol. The molecular formula is C24H35N3O2S. The third-order valence-electron chi connectivity index (χ3n) is 5.51. The number of thiazole rings is 1. The van der Waals surface area contributed by atoms with Crippen LogP contribution in [0.5, 0.6) is 0 Å². The van der Waals surface area contributed by atoms with E-state index in [-0.39, 0.29) is 5.91 Å². The smallest absolute Gasteiger partial charge is 0.228 e. The Morgan fingerprint density at radius 1 is 1.10 bits per heavy atom. The Labute approximate surface area is 185 Å². The van der Waals surface area contributed by atoms with Crippen molar-refractivity contribution in [2.24, 2.45) is 0 Å². The monoisotopic (exact) mass is 429 g/mol. The van der Waals surface area contributed by atoms with Gasteiger partial charge in [-0.05, 0) is 18.4 Å². The molecule has 0 bridgehead atoms. The van der Waals surface area contributed by atoms with Crippen LogP contribution in [-0.2, 0) is 22.5 Å². The van der Waals surface area contributed by atoms with Crippen molar-refractivity contribution in [3.63, 3.8) is 0 Å². The molecule has 1 fully saturated rings. The number of hydrogen-bond acceptors (Lipinski definition) is 5. The minimum absolute atomic E-state index is 0.203. The van der Waals surface area contributed by atoms with Crippen LogP contribution in [0.25, 0.3) is 10.6 Å². The van der Waals surface area contributed by atoms with Gasteiger partial charge >= 0.3 is 0 Å². The molecular weight excluding hydrogens is 394 g/mol. The molecule has 1 aromatic heterocycles. The molecule has 30 heavy (non-hydrogen) atoms. The minimum atomic E-state index is 0.203. The van der Waals surface area contributed by atoms with E-state index in [1.165, 1.54) is 5.56 Å². The van der Waals surface area contributed by atoms with Crippen LogP contribution in [0, 0.1) is 0 Å². The van der Waals surface area contributed by atoms with Gasteiger partial charge in [0, 0.05) is 43.7 Å². The van der Waals surface area contributed by atoms with Gasteiger partial charge < -0.3 is 9.64 Å². The van der Waals surface area contributed by atoms with Crippen molar-refractivity contribution < 1.29 is 9.53 Å². The molecule has 0 saturated carbocycles. The maximum Gasteiger partial charge on any atom is 0.228 e. The molecule has 0 aliphatic carbocycles. The van der Waals surface area contributed by atoms with Gasteiger partial charge in [-0.2, -0.15) is 0 Å². The third kappa shape index (κ3) is 6.89. The highest BCUT2D eigenvalue weighted by atomic mass is 32.1. The fraction of sp³-hybridized carbons (Fsp3) is 0.583. The van der Waals surface area contributed by atoms with E-state index in [0.717, 1.165) is 87.9 Å².